The van der Waals surface area contributed by atoms with E-state index in [9.17, 15) is 22.8 Å². The van der Waals surface area contributed by atoms with E-state index >= 15 is 0 Å². The first-order valence-corrected chi connectivity index (χ1v) is 4.42. The first-order chi connectivity index (χ1) is 5.30. The van der Waals surface area contributed by atoms with Gasteiger partial charge in [0.2, 0.25) is 15.8 Å². The van der Waals surface area contributed by atoms with Crippen molar-refractivity contribution in [2.24, 2.45) is 5.14 Å². The average molecular weight is 193 g/mol. The molecule has 12 heavy (non-hydrogen) atoms. The van der Waals surface area contributed by atoms with Crippen LogP contribution in [-0.4, -0.2) is 31.5 Å². The molecular weight excluding hydrogens is 186 g/mol. The predicted octanol–water partition coefficient (Wildman–Crippen LogP) is -2.00. The molecule has 0 fully saturated rings. The molecule has 0 heterocycles. The van der Waals surface area contributed by atoms with Gasteiger partial charge in [0.1, 0.15) is 0 Å². The third kappa shape index (κ3) is 2.51. The number of carbonyl (C=O) groups is 3. The molecule has 0 aromatic heterocycles. The van der Waals surface area contributed by atoms with Crippen molar-refractivity contribution < 1.29 is 22.8 Å². The lowest BCUT2D eigenvalue weighted by atomic mass is 10.2. The Morgan fingerprint density at radius 3 is 1.92 bits per heavy atom. The highest BCUT2D eigenvalue weighted by Gasteiger charge is 2.33. The maximum atomic E-state index is 10.6. The molecule has 7 heteroatoms. The van der Waals surface area contributed by atoms with E-state index in [1.54, 1.807) is 0 Å². The van der Waals surface area contributed by atoms with Crippen LogP contribution >= 0.6 is 0 Å². The Morgan fingerprint density at radius 2 is 1.83 bits per heavy atom. The topological polar surface area (TPSA) is 111 Å². The summed E-state index contributed by atoms with van der Waals surface area (Å²) in [7, 11) is -4.31. The zero-order valence-corrected chi connectivity index (χ0v) is 7.00. The molecule has 0 aliphatic carbocycles. The summed E-state index contributed by atoms with van der Waals surface area (Å²) in [5, 5.41) is 2.48. The molecule has 1 unspecified atom stereocenters. The molecule has 0 bridgehead atoms. The third-order valence-corrected chi connectivity index (χ3v) is 2.29. The summed E-state index contributed by atoms with van der Waals surface area (Å²) in [6.45, 7) is 0.872. The Kier molecular flexibility index (Phi) is 3.23. The number of Topliss-reactive ketones (excluding diaryl/α,β-unsaturated/α-hetero) is 2. The molecule has 2 N–H and O–H groups in total. The number of nitrogens with two attached hydrogens (primary N) is 1. The van der Waals surface area contributed by atoms with Crippen LogP contribution in [-0.2, 0) is 24.4 Å². The molecule has 68 valence electrons. The molecule has 6 nitrogen and oxygen atoms in total. The van der Waals surface area contributed by atoms with Crippen LogP contribution in [0.5, 0.6) is 0 Å². The maximum absolute atomic E-state index is 10.6. The van der Waals surface area contributed by atoms with Crippen molar-refractivity contribution in [1.82, 2.24) is 0 Å². The van der Waals surface area contributed by atoms with Gasteiger partial charge in [-0.3, -0.25) is 14.4 Å². The van der Waals surface area contributed by atoms with Crippen LogP contribution in [0.25, 0.3) is 0 Å². The number of hydrogen-bond donors (Lipinski definition) is 1. The van der Waals surface area contributed by atoms with Gasteiger partial charge < -0.3 is 0 Å². The molecule has 0 aromatic carbocycles. The first kappa shape index (κ1) is 10.9. The normalized spacial score (nSPS) is 13.5. The van der Waals surface area contributed by atoms with Gasteiger partial charge in [0.25, 0.3) is 0 Å². The van der Waals surface area contributed by atoms with Gasteiger partial charge in [-0.1, -0.05) is 0 Å². The Balaban J connectivity index is 5.08. The van der Waals surface area contributed by atoms with Gasteiger partial charge in [0.15, 0.2) is 17.3 Å². The van der Waals surface area contributed by atoms with Crippen molar-refractivity contribution >= 4 is 27.9 Å². The Hall–Kier alpha value is -1.08. The van der Waals surface area contributed by atoms with Gasteiger partial charge in [-0.05, 0) is 6.92 Å². The largest absolute Gasteiger partial charge is 0.298 e. The predicted molar refractivity (Wildman–Crippen MR) is 38.6 cm³/mol. The summed E-state index contributed by atoms with van der Waals surface area (Å²) < 4.78 is 21.1. The minimum Gasteiger partial charge on any atom is -0.298 e. The average Bonchev–Trinajstić information content (AvgIpc) is 1.83. The number of primary sulfonamides is 1. The van der Waals surface area contributed by atoms with E-state index in [2.05, 4.69) is 5.14 Å². The van der Waals surface area contributed by atoms with E-state index < -0.39 is 26.8 Å². The van der Waals surface area contributed by atoms with Gasteiger partial charge in [0, 0.05) is 0 Å². The number of rotatable bonds is 4. The van der Waals surface area contributed by atoms with Crippen molar-refractivity contribution in [2.45, 2.75) is 12.2 Å². The molecule has 0 rings (SSSR count). The van der Waals surface area contributed by atoms with Gasteiger partial charge in [-0.2, -0.15) is 0 Å². The summed E-state index contributed by atoms with van der Waals surface area (Å²) in [4.78, 5) is 31.0. The molecule has 0 aromatic rings. The van der Waals surface area contributed by atoms with Crippen molar-refractivity contribution in [3.63, 3.8) is 0 Å². The number of carbonyl (C=O) groups excluding carboxylic acids is 3. The zero-order valence-electron chi connectivity index (χ0n) is 6.18. The Bertz CT molecular complexity index is 317. The van der Waals surface area contributed by atoms with Crippen LogP contribution in [0, 0.1) is 0 Å². The number of aldehydes is 1. The second-order valence-corrected chi connectivity index (χ2v) is 3.75. The summed E-state index contributed by atoms with van der Waals surface area (Å²) in [5.41, 5.74) is 0. The second-order valence-electron chi connectivity index (χ2n) is 2.10. The molecule has 0 aliphatic rings. The van der Waals surface area contributed by atoms with E-state index in [1.807, 2.05) is 0 Å². The summed E-state index contributed by atoms with van der Waals surface area (Å²) >= 11 is 0. The lowest BCUT2D eigenvalue weighted by Crippen LogP contribution is -2.41. The van der Waals surface area contributed by atoms with Crippen LogP contribution in [0.15, 0.2) is 0 Å². The molecule has 0 radical (unpaired) electrons. The third-order valence-electron chi connectivity index (χ3n) is 1.07. The molecule has 0 saturated carbocycles. The molecular formula is C5H7NO5S. The van der Waals surface area contributed by atoms with Gasteiger partial charge >= 0.3 is 0 Å². The standard InChI is InChI=1S/C5H7NO5S/c1-3(8)5(4(9)2-7)12(6,10)11/h2,5H,1H3,(H2,6,10,11). The molecule has 0 spiro atoms. The smallest absolute Gasteiger partial charge is 0.226 e. The van der Waals surface area contributed by atoms with Gasteiger partial charge in [0.05, 0.1) is 0 Å². The van der Waals surface area contributed by atoms with E-state index in [0.717, 1.165) is 6.92 Å². The number of ketones is 2. The fourth-order valence-electron chi connectivity index (χ4n) is 0.655. The highest BCUT2D eigenvalue weighted by Crippen LogP contribution is 1.97. The van der Waals surface area contributed by atoms with E-state index in [4.69, 9.17) is 0 Å². The van der Waals surface area contributed by atoms with Gasteiger partial charge in [-0.25, -0.2) is 13.6 Å². The van der Waals surface area contributed by atoms with Crippen LogP contribution in [0.4, 0.5) is 0 Å². The fraction of sp³-hybridized carbons (Fsp3) is 0.400. The summed E-state index contributed by atoms with van der Waals surface area (Å²) in [6.07, 6.45) is -0.240. The molecule has 0 amide bonds. The Labute approximate surface area is 68.8 Å². The molecule has 0 aliphatic heterocycles. The Morgan fingerprint density at radius 1 is 1.42 bits per heavy atom. The molecule has 0 saturated heterocycles. The molecule has 1 atom stereocenters. The van der Waals surface area contributed by atoms with Crippen molar-refractivity contribution in [3.05, 3.63) is 0 Å². The minimum absolute atomic E-state index is 0.240. The second kappa shape index (κ2) is 3.55. The number of sulfonamides is 1. The van der Waals surface area contributed by atoms with E-state index in [0.29, 0.717) is 0 Å². The van der Waals surface area contributed by atoms with Crippen molar-refractivity contribution in [2.75, 3.05) is 0 Å². The van der Waals surface area contributed by atoms with E-state index in [1.165, 1.54) is 0 Å². The van der Waals surface area contributed by atoms with Crippen LogP contribution < -0.4 is 5.14 Å². The summed E-state index contributed by atoms with van der Waals surface area (Å²) in [6, 6.07) is 0. The van der Waals surface area contributed by atoms with Gasteiger partial charge in [-0.15, -0.1) is 0 Å². The van der Waals surface area contributed by atoms with Crippen LogP contribution in [0.2, 0.25) is 0 Å². The lowest BCUT2D eigenvalue weighted by molar-refractivity contribution is -0.132. The first-order valence-electron chi connectivity index (χ1n) is 2.81. The summed E-state index contributed by atoms with van der Waals surface area (Å²) in [5.74, 6) is -2.31. The quantitative estimate of drug-likeness (QED) is 0.315. The monoisotopic (exact) mass is 193 g/mol. The van der Waals surface area contributed by atoms with E-state index in [-0.39, 0.29) is 6.29 Å². The minimum atomic E-state index is -4.31. The van der Waals surface area contributed by atoms with Crippen LogP contribution in [0.3, 0.4) is 0 Å². The SMILES string of the molecule is CC(=O)C(C(=O)C=O)S(N)(=O)=O. The van der Waals surface area contributed by atoms with Crippen molar-refractivity contribution in [1.29, 1.82) is 0 Å². The van der Waals surface area contributed by atoms with Crippen molar-refractivity contribution in [3.8, 4) is 0 Å². The fourth-order valence-corrected chi connectivity index (χ4v) is 1.50. The number of hydrogen-bond acceptors (Lipinski definition) is 5. The maximum Gasteiger partial charge on any atom is 0.226 e. The van der Waals surface area contributed by atoms with Crippen LogP contribution in [0.1, 0.15) is 6.92 Å². The zero-order chi connectivity index (χ0) is 9.94. The highest BCUT2D eigenvalue weighted by atomic mass is 32.2. The highest BCUT2D eigenvalue weighted by molar-refractivity contribution is 7.91. The lowest BCUT2D eigenvalue weighted by Gasteiger charge is -2.04.